The van der Waals surface area contributed by atoms with E-state index in [9.17, 15) is 4.79 Å². The van der Waals surface area contributed by atoms with E-state index in [1.165, 1.54) is 0 Å². The first-order valence-electron chi connectivity index (χ1n) is 7.83. The summed E-state index contributed by atoms with van der Waals surface area (Å²) in [6.07, 6.45) is 9.71. The summed E-state index contributed by atoms with van der Waals surface area (Å²) in [5.74, 6) is 0.694. The number of aliphatic imine (C=N–C) groups is 1. The molecule has 1 heterocycles. The van der Waals surface area contributed by atoms with Crippen molar-refractivity contribution in [2.45, 2.75) is 26.4 Å². The van der Waals surface area contributed by atoms with E-state index in [-0.39, 0.29) is 12.7 Å². The lowest BCUT2D eigenvalue weighted by molar-refractivity contribution is 0.117. The second-order valence-electron chi connectivity index (χ2n) is 5.58. The number of benzene rings is 1. The molecule has 0 saturated heterocycles. The van der Waals surface area contributed by atoms with Crippen LogP contribution >= 0.6 is 0 Å². The normalized spacial score (nSPS) is 20.0. The van der Waals surface area contributed by atoms with Gasteiger partial charge in [0.25, 0.3) is 0 Å². The average molecular weight is 308 g/mol. The van der Waals surface area contributed by atoms with Crippen LogP contribution in [0.3, 0.4) is 0 Å². The lowest BCUT2D eigenvalue weighted by atomic mass is 10.0. The van der Waals surface area contributed by atoms with Gasteiger partial charge in [0.2, 0.25) is 0 Å². The van der Waals surface area contributed by atoms with Gasteiger partial charge < -0.3 is 4.74 Å². The minimum atomic E-state index is -0.354. The Morgan fingerprint density at radius 3 is 2.91 bits per heavy atom. The summed E-state index contributed by atoms with van der Waals surface area (Å²) in [5, 5.41) is 0. The number of amidine groups is 1. The standard InChI is InChI=1S/C19H20N2O2/c1-15-20-18-12-8-3-2-7-11-17(18)13-21(15)19(22)23-14-16-9-5-4-6-10-16/h2-7,9-11H,8,12-14H2,1H3/b3-2-,11-7-. The van der Waals surface area contributed by atoms with Gasteiger partial charge >= 0.3 is 6.09 Å². The Labute approximate surface area is 136 Å². The molecule has 0 spiro atoms. The zero-order valence-electron chi connectivity index (χ0n) is 13.2. The molecular formula is C19H20N2O2. The number of amides is 1. The summed E-state index contributed by atoms with van der Waals surface area (Å²) >= 11 is 0. The lowest BCUT2D eigenvalue weighted by Gasteiger charge is -2.27. The molecule has 23 heavy (non-hydrogen) atoms. The smallest absolute Gasteiger partial charge is 0.415 e. The first-order valence-corrected chi connectivity index (χ1v) is 7.83. The van der Waals surface area contributed by atoms with E-state index in [1.807, 2.05) is 55.5 Å². The van der Waals surface area contributed by atoms with Crippen molar-refractivity contribution in [1.29, 1.82) is 0 Å². The summed E-state index contributed by atoms with van der Waals surface area (Å²) in [4.78, 5) is 18.6. The van der Waals surface area contributed by atoms with Crippen molar-refractivity contribution < 1.29 is 9.53 Å². The Bertz CT molecular complexity index is 699. The van der Waals surface area contributed by atoms with Crippen LogP contribution in [0, 0.1) is 0 Å². The fourth-order valence-corrected chi connectivity index (χ4v) is 2.63. The van der Waals surface area contributed by atoms with Crippen LogP contribution < -0.4 is 0 Å². The van der Waals surface area contributed by atoms with Crippen molar-refractivity contribution in [1.82, 2.24) is 4.90 Å². The summed E-state index contributed by atoms with van der Waals surface area (Å²) in [6, 6.07) is 9.68. The van der Waals surface area contributed by atoms with Gasteiger partial charge in [0.05, 0.1) is 6.54 Å². The van der Waals surface area contributed by atoms with Gasteiger partial charge in [-0.1, -0.05) is 54.6 Å². The molecule has 1 aliphatic carbocycles. The fraction of sp³-hybridized carbons (Fsp3) is 0.263. The summed E-state index contributed by atoms with van der Waals surface area (Å²) < 4.78 is 5.42. The summed E-state index contributed by atoms with van der Waals surface area (Å²) in [6.45, 7) is 2.64. The van der Waals surface area contributed by atoms with Crippen molar-refractivity contribution in [3.05, 3.63) is 71.5 Å². The Morgan fingerprint density at radius 2 is 2.09 bits per heavy atom. The number of carbonyl (C=O) groups excluding carboxylic acids is 1. The van der Waals surface area contributed by atoms with Crippen molar-refractivity contribution >= 4 is 11.9 Å². The predicted octanol–water partition coefficient (Wildman–Crippen LogP) is 4.22. The molecule has 2 aliphatic rings. The molecule has 0 saturated carbocycles. The molecule has 3 rings (SSSR count). The van der Waals surface area contributed by atoms with E-state index < -0.39 is 0 Å². The zero-order valence-corrected chi connectivity index (χ0v) is 13.2. The Balaban J connectivity index is 1.68. The third-order valence-corrected chi connectivity index (χ3v) is 3.90. The van der Waals surface area contributed by atoms with Gasteiger partial charge in [-0.2, -0.15) is 0 Å². The predicted molar refractivity (Wildman–Crippen MR) is 91.0 cm³/mol. The maximum Gasteiger partial charge on any atom is 0.415 e. The number of ether oxygens (including phenoxy) is 1. The highest BCUT2D eigenvalue weighted by atomic mass is 16.6. The van der Waals surface area contributed by atoms with E-state index in [2.05, 4.69) is 11.1 Å². The zero-order chi connectivity index (χ0) is 16.1. The van der Waals surface area contributed by atoms with Gasteiger partial charge in [-0.3, -0.25) is 4.90 Å². The van der Waals surface area contributed by atoms with E-state index in [1.54, 1.807) is 4.90 Å². The molecule has 0 fully saturated rings. The van der Waals surface area contributed by atoms with E-state index in [0.29, 0.717) is 12.4 Å². The van der Waals surface area contributed by atoms with Crippen molar-refractivity contribution in [3.8, 4) is 0 Å². The van der Waals surface area contributed by atoms with Crippen molar-refractivity contribution in [2.75, 3.05) is 6.54 Å². The Kier molecular flexibility index (Phi) is 4.71. The molecule has 0 radical (unpaired) electrons. The van der Waals surface area contributed by atoms with Crippen LogP contribution in [-0.4, -0.2) is 23.4 Å². The SMILES string of the molecule is CC1=NC2=C(/C=C\C=C/CC2)CN1C(=O)OCc1ccccc1. The summed E-state index contributed by atoms with van der Waals surface area (Å²) in [5.41, 5.74) is 3.12. The van der Waals surface area contributed by atoms with Crippen LogP contribution in [0.4, 0.5) is 4.79 Å². The van der Waals surface area contributed by atoms with Gasteiger partial charge in [0.1, 0.15) is 12.4 Å². The molecule has 0 atom stereocenters. The fourth-order valence-electron chi connectivity index (χ4n) is 2.63. The molecule has 0 aromatic heterocycles. The van der Waals surface area contributed by atoms with E-state index in [0.717, 1.165) is 29.7 Å². The number of rotatable bonds is 2. The number of allylic oxidation sites excluding steroid dienone is 4. The maximum absolute atomic E-state index is 12.4. The van der Waals surface area contributed by atoms with Crippen LogP contribution in [0.25, 0.3) is 0 Å². The molecule has 4 nitrogen and oxygen atoms in total. The highest BCUT2D eigenvalue weighted by Crippen LogP contribution is 2.23. The van der Waals surface area contributed by atoms with Gasteiger partial charge in [-0.25, -0.2) is 9.79 Å². The van der Waals surface area contributed by atoms with Crippen LogP contribution in [-0.2, 0) is 11.3 Å². The number of carbonyl (C=O) groups is 1. The topological polar surface area (TPSA) is 41.9 Å². The molecule has 118 valence electrons. The van der Waals surface area contributed by atoms with Crippen LogP contribution in [0.5, 0.6) is 0 Å². The van der Waals surface area contributed by atoms with Crippen LogP contribution in [0.2, 0.25) is 0 Å². The van der Waals surface area contributed by atoms with Crippen LogP contribution in [0.1, 0.15) is 25.3 Å². The van der Waals surface area contributed by atoms with E-state index in [4.69, 9.17) is 4.74 Å². The second kappa shape index (κ2) is 7.09. The number of hydrogen-bond acceptors (Lipinski definition) is 3. The van der Waals surface area contributed by atoms with Gasteiger partial charge in [-0.05, 0) is 30.9 Å². The van der Waals surface area contributed by atoms with Gasteiger partial charge in [-0.15, -0.1) is 0 Å². The number of hydrogen-bond donors (Lipinski definition) is 0. The third-order valence-electron chi connectivity index (χ3n) is 3.90. The molecule has 0 bridgehead atoms. The third kappa shape index (κ3) is 3.77. The Morgan fingerprint density at radius 1 is 1.26 bits per heavy atom. The molecule has 1 aromatic rings. The quantitative estimate of drug-likeness (QED) is 0.821. The molecule has 1 aromatic carbocycles. The van der Waals surface area contributed by atoms with Gasteiger partial charge in [0, 0.05) is 5.70 Å². The first kappa shape index (κ1) is 15.3. The monoisotopic (exact) mass is 308 g/mol. The number of nitrogens with zero attached hydrogens (tertiary/aromatic N) is 2. The molecular weight excluding hydrogens is 288 g/mol. The van der Waals surface area contributed by atoms with Crippen LogP contribution in [0.15, 0.2) is 70.9 Å². The summed E-state index contributed by atoms with van der Waals surface area (Å²) in [7, 11) is 0. The van der Waals surface area contributed by atoms with Crippen molar-refractivity contribution in [2.24, 2.45) is 4.99 Å². The maximum atomic E-state index is 12.4. The molecule has 0 N–H and O–H groups in total. The molecule has 1 amide bonds. The highest BCUT2D eigenvalue weighted by Gasteiger charge is 2.24. The molecule has 1 aliphatic heterocycles. The van der Waals surface area contributed by atoms with Gasteiger partial charge in [0.15, 0.2) is 0 Å². The second-order valence-corrected chi connectivity index (χ2v) is 5.58. The minimum Gasteiger partial charge on any atom is -0.444 e. The average Bonchev–Trinajstić information content (AvgIpc) is 2.55. The Hall–Kier alpha value is -2.62. The molecule has 4 heteroatoms. The first-order chi connectivity index (χ1) is 11.2. The highest BCUT2D eigenvalue weighted by molar-refractivity contribution is 5.95. The lowest BCUT2D eigenvalue weighted by Crippen LogP contribution is -2.39. The largest absolute Gasteiger partial charge is 0.444 e. The van der Waals surface area contributed by atoms with Crippen molar-refractivity contribution in [3.63, 3.8) is 0 Å². The molecule has 0 unspecified atom stereocenters. The van der Waals surface area contributed by atoms with E-state index >= 15 is 0 Å². The minimum absolute atomic E-state index is 0.272.